The molecule has 1 aromatic heterocycles. The van der Waals surface area contributed by atoms with Gasteiger partial charge in [-0.25, -0.2) is 0 Å². The summed E-state index contributed by atoms with van der Waals surface area (Å²) in [6.45, 7) is 0. The first-order chi connectivity index (χ1) is 8.61. The Bertz CT molecular complexity index is 487. The lowest BCUT2D eigenvalue weighted by atomic mass is 9.94. The number of pyridine rings is 1. The van der Waals surface area contributed by atoms with Crippen molar-refractivity contribution < 1.29 is 4.79 Å². The van der Waals surface area contributed by atoms with Crippen LogP contribution in [0.3, 0.4) is 0 Å². The highest BCUT2D eigenvalue weighted by Gasteiger charge is 2.24. The fourth-order valence-electron chi connectivity index (χ4n) is 2.58. The largest absolute Gasteiger partial charge is 0.339 e. The number of nitrogens with zero attached hydrogens (tertiary/aromatic N) is 2. The van der Waals surface area contributed by atoms with Gasteiger partial charge in [-0.1, -0.05) is 19.3 Å². The van der Waals surface area contributed by atoms with Crippen LogP contribution in [0.4, 0.5) is 0 Å². The van der Waals surface area contributed by atoms with Crippen molar-refractivity contribution >= 4 is 5.91 Å². The summed E-state index contributed by atoms with van der Waals surface area (Å²) in [6.07, 6.45) is 7.38. The number of carbonyl (C=O) groups excluding carboxylic acids is 1. The molecule has 1 heterocycles. The van der Waals surface area contributed by atoms with Gasteiger partial charge in [-0.15, -0.1) is 0 Å². The fourth-order valence-corrected chi connectivity index (χ4v) is 2.58. The van der Waals surface area contributed by atoms with E-state index in [1.165, 1.54) is 23.8 Å². The van der Waals surface area contributed by atoms with Crippen molar-refractivity contribution in [2.45, 2.75) is 38.1 Å². The zero-order valence-electron chi connectivity index (χ0n) is 11.1. The van der Waals surface area contributed by atoms with Crippen LogP contribution in [0.5, 0.6) is 0 Å². The van der Waals surface area contributed by atoms with E-state index in [1.807, 2.05) is 7.05 Å². The molecule has 1 saturated carbocycles. The maximum Gasteiger partial charge on any atom is 0.263 e. The van der Waals surface area contributed by atoms with Crippen LogP contribution in [0.15, 0.2) is 23.1 Å². The highest BCUT2D eigenvalue weighted by Crippen LogP contribution is 2.22. The van der Waals surface area contributed by atoms with E-state index in [9.17, 15) is 9.59 Å². The van der Waals surface area contributed by atoms with Crippen LogP contribution in [-0.2, 0) is 7.05 Å². The minimum absolute atomic E-state index is 0.150. The van der Waals surface area contributed by atoms with Gasteiger partial charge in [0.1, 0.15) is 5.56 Å². The molecule has 0 N–H and O–H groups in total. The molecule has 98 valence electrons. The molecule has 1 fully saturated rings. The lowest BCUT2D eigenvalue weighted by molar-refractivity contribution is 0.0694. The summed E-state index contributed by atoms with van der Waals surface area (Å²) in [6, 6.07) is 3.64. The van der Waals surface area contributed by atoms with Crippen molar-refractivity contribution in [2.24, 2.45) is 7.05 Å². The standard InChI is InChI=1S/C14H20N2O2/c1-15-10-6-9-12(13(15)17)14(18)16(2)11-7-4-3-5-8-11/h6,9-11H,3-5,7-8H2,1-2H3. The van der Waals surface area contributed by atoms with Crippen molar-refractivity contribution in [3.05, 3.63) is 34.2 Å². The van der Waals surface area contributed by atoms with E-state index in [1.54, 1.807) is 30.3 Å². The Kier molecular flexibility index (Phi) is 3.84. The van der Waals surface area contributed by atoms with Gasteiger partial charge in [-0.3, -0.25) is 9.59 Å². The average Bonchev–Trinajstić information content (AvgIpc) is 2.41. The molecule has 1 amide bonds. The highest BCUT2D eigenvalue weighted by atomic mass is 16.2. The van der Waals surface area contributed by atoms with Gasteiger partial charge < -0.3 is 9.47 Å². The van der Waals surface area contributed by atoms with E-state index in [0.717, 1.165) is 12.8 Å². The molecule has 0 atom stereocenters. The number of hydrogen-bond acceptors (Lipinski definition) is 2. The monoisotopic (exact) mass is 248 g/mol. The van der Waals surface area contributed by atoms with Crippen LogP contribution in [0.2, 0.25) is 0 Å². The van der Waals surface area contributed by atoms with Crippen LogP contribution in [0.1, 0.15) is 42.5 Å². The molecule has 4 nitrogen and oxygen atoms in total. The summed E-state index contributed by atoms with van der Waals surface area (Å²) in [7, 11) is 3.48. The van der Waals surface area contributed by atoms with Crippen molar-refractivity contribution in [2.75, 3.05) is 7.05 Å². The van der Waals surface area contributed by atoms with E-state index in [2.05, 4.69) is 0 Å². The zero-order valence-corrected chi connectivity index (χ0v) is 11.1. The number of aromatic nitrogens is 1. The molecule has 2 rings (SSSR count). The topological polar surface area (TPSA) is 42.3 Å². The van der Waals surface area contributed by atoms with E-state index in [4.69, 9.17) is 0 Å². The van der Waals surface area contributed by atoms with E-state index >= 15 is 0 Å². The number of carbonyl (C=O) groups is 1. The summed E-state index contributed by atoms with van der Waals surface area (Å²) < 4.78 is 1.45. The molecule has 0 spiro atoms. The van der Waals surface area contributed by atoms with Gasteiger partial charge in [0.05, 0.1) is 0 Å². The SMILES string of the molecule is CN(C(=O)c1cccn(C)c1=O)C1CCCCC1. The third-order valence-electron chi connectivity index (χ3n) is 3.80. The molecule has 0 radical (unpaired) electrons. The van der Waals surface area contributed by atoms with Gasteiger partial charge in [-0.2, -0.15) is 0 Å². The molecule has 0 aliphatic heterocycles. The first-order valence-corrected chi connectivity index (χ1v) is 6.54. The first kappa shape index (κ1) is 12.9. The lowest BCUT2D eigenvalue weighted by Crippen LogP contribution is -2.41. The Balaban J connectivity index is 2.20. The Labute approximate surface area is 107 Å². The second-order valence-corrected chi connectivity index (χ2v) is 5.05. The van der Waals surface area contributed by atoms with Gasteiger partial charge in [-0.05, 0) is 25.0 Å². The molecule has 0 saturated heterocycles. The lowest BCUT2D eigenvalue weighted by Gasteiger charge is -2.31. The molecule has 0 bridgehead atoms. The molecule has 0 aromatic carbocycles. The second-order valence-electron chi connectivity index (χ2n) is 5.05. The summed E-state index contributed by atoms with van der Waals surface area (Å²) in [5.74, 6) is -0.150. The molecule has 18 heavy (non-hydrogen) atoms. The third kappa shape index (κ3) is 2.47. The number of aryl methyl sites for hydroxylation is 1. The smallest absolute Gasteiger partial charge is 0.263 e. The summed E-state index contributed by atoms with van der Waals surface area (Å²) in [5.41, 5.74) is 0.0539. The molecule has 0 unspecified atom stereocenters. The molecular formula is C14H20N2O2. The Morgan fingerprint density at radius 3 is 2.67 bits per heavy atom. The zero-order chi connectivity index (χ0) is 13.1. The van der Waals surface area contributed by atoms with E-state index < -0.39 is 0 Å². The number of amides is 1. The van der Waals surface area contributed by atoms with Gasteiger partial charge in [0.15, 0.2) is 0 Å². The predicted octanol–water partition coefficient (Wildman–Crippen LogP) is 1.79. The number of hydrogen-bond donors (Lipinski definition) is 0. The van der Waals surface area contributed by atoms with Crippen molar-refractivity contribution in [3.8, 4) is 0 Å². The Morgan fingerprint density at radius 2 is 2.00 bits per heavy atom. The molecular weight excluding hydrogens is 228 g/mol. The summed E-state index contributed by atoms with van der Waals surface area (Å²) in [5, 5.41) is 0. The minimum atomic E-state index is -0.217. The predicted molar refractivity (Wildman–Crippen MR) is 70.6 cm³/mol. The fraction of sp³-hybridized carbons (Fsp3) is 0.571. The van der Waals surface area contributed by atoms with Crippen LogP contribution in [0, 0.1) is 0 Å². The van der Waals surface area contributed by atoms with Gasteiger partial charge in [0, 0.05) is 26.3 Å². The summed E-state index contributed by atoms with van der Waals surface area (Å²) in [4.78, 5) is 26.0. The Hall–Kier alpha value is -1.58. The van der Waals surface area contributed by atoms with Crippen LogP contribution < -0.4 is 5.56 Å². The quantitative estimate of drug-likeness (QED) is 0.800. The van der Waals surface area contributed by atoms with Crippen molar-refractivity contribution in [1.82, 2.24) is 9.47 Å². The van der Waals surface area contributed by atoms with Gasteiger partial charge >= 0.3 is 0 Å². The Morgan fingerprint density at radius 1 is 1.33 bits per heavy atom. The first-order valence-electron chi connectivity index (χ1n) is 6.54. The molecule has 1 aliphatic rings. The maximum absolute atomic E-state index is 12.3. The van der Waals surface area contributed by atoms with Crippen LogP contribution >= 0.6 is 0 Å². The van der Waals surface area contributed by atoms with Gasteiger partial charge in [0.25, 0.3) is 11.5 Å². The third-order valence-corrected chi connectivity index (χ3v) is 3.80. The second kappa shape index (κ2) is 5.38. The van der Waals surface area contributed by atoms with Crippen molar-refractivity contribution in [1.29, 1.82) is 0 Å². The maximum atomic E-state index is 12.3. The van der Waals surface area contributed by atoms with Gasteiger partial charge in [0.2, 0.25) is 0 Å². The molecule has 1 aliphatic carbocycles. The van der Waals surface area contributed by atoms with Crippen LogP contribution in [0.25, 0.3) is 0 Å². The summed E-state index contributed by atoms with van der Waals surface area (Å²) >= 11 is 0. The van der Waals surface area contributed by atoms with Crippen molar-refractivity contribution in [3.63, 3.8) is 0 Å². The molecule has 1 aromatic rings. The minimum Gasteiger partial charge on any atom is -0.339 e. The average molecular weight is 248 g/mol. The number of rotatable bonds is 2. The van der Waals surface area contributed by atoms with Crippen LogP contribution in [-0.4, -0.2) is 28.5 Å². The normalized spacial score (nSPS) is 16.6. The molecule has 4 heteroatoms. The highest BCUT2D eigenvalue weighted by molar-refractivity contribution is 5.93. The van der Waals surface area contributed by atoms with E-state index in [-0.39, 0.29) is 23.1 Å². The van der Waals surface area contributed by atoms with E-state index in [0.29, 0.717) is 0 Å².